The highest BCUT2D eigenvalue weighted by Gasteiger charge is 2.27. The second-order valence-electron chi connectivity index (χ2n) is 18.1. The molecule has 0 fully saturated rings. The van der Waals surface area contributed by atoms with E-state index in [4.69, 9.17) is 21.7 Å². The summed E-state index contributed by atoms with van der Waals surface area (Å²) in [4.78, 5) is 32.0. The first-order chi connectivity index (χ1) is 30.3. The molecule has 0 saturated heterocycles. The lowest BCUT2D eigenvalue weighted by atomic mass is 9.91. The molecule has 4 aromatic carbocycles. The van der Waals surface area contributed by atoms with Gasteiger partial charge in [0.15, 0.2) is 17.3 Å². The van der Waals surface area contributed by atoms with Crippen molar-refractivity contribution in [1.29, 1.82) is 0 Å². The smallest absolute Gasteiger partial charge is 0.335 e. The van der Waals surface area contributed by atoms with Crippen molar-refractivity contribution in [1.82, 2.24) is 49.4 Å². The van der Waals surface area contributed by atoms with E-state index in [2.05, 4.69) is 66.9 Å². The van der Waals surface area contributed by atoms with Crippen molar-refractivity contribution < 1.29 is 19.8 Å². The number of aromatic nitrogens is 10. The molecule has 14 nitrogen and oxygen atoms in total. The molecule has 0 spiro atoms. The zero-order valence-electron chi connectivity index (χ0n) is 36.9. The van der Waals surface area contributed by atoms with E-state index in [9.17, 15) is 19.8 Å². The van der Waals surface area contributed by atoms with Crippen molar-refractivity contribution in [3.63, 3.8) is 0 Å². The number of aromatic carboxylic acids is 2. The van der Waals surface area contributed by atoms with Gasteiger partial charge in [-0.15, -0.1) is 10.2 Å². The number of fused-ring (bicyclic) bond motifs is 2. The third-order valence-corrected chi connectivity index (χ3v) is 11.5. The van der Waals surface area contributed by atoms with E-state index < -0.39 is 11.9 Å². The number of carboxylic acid groups (broad SMARTS) is 2. The molecule has 9 aromatic rings. The zero-order chi connectivity index (χ0) is 45.7. The Morgan fingerprint density at radius 3 is 1.52 bits per heavy atom. The minimum absolute atomic E-state index is 0.128. The number of H-pyrrole nitrogens is 2. The van der Waals surface area contributed by atoms with Gasteiger partial charge in [0.05, 0.1) is 22.5 Å². The van der Waals surface area contributed by atoms with E-state index in [0.717, 1.165) is 61.6 Å². The number of benzene rings is 4. The Balaban J connectivity index is 0.000000176. The highest BCUT2D eigenvalue weighted by Crippen LogP contribution is 2.33. The first kappa shape index (κ1) is 43.3. The fraction of sp³-hybridized carbons (Fsp3) is 0.245. The number of hydrogen-bond donors (Lipinski definition) is 4. The maximum Gasteiger partial charge on any atom is 0.335 e. The van der Waals surface area contributed by atoms with Crippen LogP contribution in [0.1, 0.15) is 107 Å². The Morgan fingerprint density at radius 1 is 0.641 bits per heavy atom. The minimum atomic E-state index is -0.915. The molecule has 0 aliphatic rings. The summed E-state index contributed by atoms with van der Waals surface area (Å²) in [5.41, 5.74) is 12.6. The fourth-order valence-electron chi connectivity index (χ4n) is 7.47. The third kappa shape index (κ3) is 8.82. The first-order valence-electron chi connectivity index (χ1n) is 20.8. The van der Waals surface area contributed by atoms with Crippen molar-refractivity contribution in [2.24, 2.45) is 0 Å². The van der Waals surface area contributed by atoms with Gasteiger partial charge in [0.1, 0.15) is 10.7 Å². The quantitative estimate of drug-likeness (QED) is 0.110. The zero-order valence-corrected chi connectivity index (χ0v) is 37.7. The summed E-state index contributed by atoms with van der Waals surface area (Å²) in [5, 5.41) is 39.4. The van der Waals surface area contributed by atoms with Gasteiger partial charge in [0.25, 0.3) is 0 Å². The van der Waals surface area contributed by atoms with Crippen LogP contribution < -0.4 is 0 Å². The molecule has 0 bridgehead atoms. The standard InChI is InChI=1S/C26H26N6O2.C23H23ClN4O2/c1-16-6-9-19(25(33)34)15-20(16)14-17-7-10-18(11-8-17)23-28-24-21(31-13-5-12-27-31)22(26(2,3)4)29-32(24)30-23;1-13-5-8-16(22(29)30)12-17(13)11-14-6-9-15(10-7-14)20-25-21-18(24)19(23(2,3)4)26-28(21)27-20/h5-13,15,29H,14H2,1-4H3,(H,33,34);5-10,12,26H,11H2,1-4H3,(H,29,30). The molecule has 0 amide bonds. The average Bonchev–Trinajstić information content (AvgIpc) is 4.09. The summed E-state index contributed by atoms with van der Waals surface area (Å²) < 4.78 is 5.15. The van der Waals surface area contributed by atoms with Gasteiger partial charge >= 0.3 is 11.9 Å². The lowest BCUT2D eigenvalue weighted by Crippen LogP contribution is -2.15. The number of halogens is 1. The Kier molecular flexibility index (Phi) is 11.3. The Bertz CT molecular complexity index is 3160. The number of nitrogens with one attached hydrogen (secondary N) is 2. The van der Waals surface area contributed by atoms with E-state index in [0.29, 0.717) is 51.9 Å². The van der Waals surface area contributed by atoms with Crippen LogP contribution in [0.4, 0.5) is 0 Å². The van der Waals surface area contributed by atoms with Crippen molar-refractivity contribution in [2.75, 3.05) is 0 Å². The van der Waals surface area contributed by atoms with Gasteiger partial charge < -0.3 is 10.2 Å². The molecule has 64 heavy (non-hydrogen) atoms. The molecule has 0 aliphatic carbocycles. The molecule has 5 heterocycles. The molecular formula is C49H49ClN10O4. The fourth-order valence-corrected chi connectivity index (χ4v) is 7.92. The van der Waals surface area contributed by atoms with Crippen LogP contribution in [0.3, 0.4) is 0 Å². The van der Waals surface area contributed by atoms with E-state index in [-0.39, 0.29) is 10.8 Å². The van der Waals surface area contributed by atoms with Crippen LogP contribution in [-0.4, -0.2) is 71.6 Å². The second kappa shape index (κ2) is 16.8. The molecule has 326 valence electrons. The van der Waals surface area contributed by atoms with Gasteiger partial charge in [0.2, 0.25) is 5.65 Å². The summed E-state index contributed by atoms with van der Waals surface area (Å²) in [6, 6.07) is 28.4. The number of hydrogen-bond acceptors (Lipinski definition) is 7. The molecular weight excluding hydrogens is 828 g/mol. The molecule has 9 rings (SSSR count). The van der Waals surface area contributed by atoms with Crippen LogP contribution in [-0.2, 0) is 23.7 Å². The summed E-state index contributed by atoms with van der Waals surface area (Å²) >= 11 is 6.51. The maximum atomic E-state index is 11.3. The van der Waals surface area contributed by atoms with Gasteiger partial charge in [-0.2, -0.15) is 14.4 Å². The highest BCUT2D eigenvalue weighted by atomic mass is 35.5. The maximum absolute atomic E-state index is 11.3. The predicted octanol–water partition coefficient (Wildman–Crippen LogP) is 10.1. The van der Waals surface area contributed by atoms with Crippen molar-refractivity contribution >= 4 is 34.8 Å². The van der Waals surface area contributed by atoms with Gasteiger partial charge in [-0.05, 0) is 90.4 Å². The number of aryl methyl sites for hydroxylation is 2. The monoisotopic (exact) mass is 876 g/mol. The van der Waals surface area contributed by atoms with Crippen LogP contribution in [0.25, 0.3) is 39.8 Å². The SMILES string of the molecule is Cc1ccc(C(=O)O)cc1Cc1ccc(-c2nc3c(-n4cccn4)c(C(C)(C)C)[nH]n3n2)cc1.Cc1ccc(C(=O)O)cc1Cc1ccc(-c2nc3c(Cl)c(C(C)(C)C)[nH]n3n2)cc1. The van der Waals surface area contributed by atoms with E-state index in [1.54, 1.807) is 39.7 Å². The molecule has 15 heteroatoms. The molecule has 0 aliphatic heterocycles. The number of aromatic amines is 2. The van der Waals surface area contributed by atoms with Gasteiger partial charge in [-0.1, -0.05) is 114 Å². The third-order valence-electron chi connectivity index (χ3n) is 11.2. The number of carbonyl (C=O) groups is 2. The lowest BCUT2D eigenvalue weighted by Gasteiger charge is -2.18. The van der Waals surface area contributed by atoms with Crippen LogP contribution in [0.5, 0.6) is 0 Å². The average molecular weight is 877 g/mol. The van der Waals surface area contributed by atoms with Gasteiger partial charge in [0, 0.05) is 34.4 Å². The number of carboxylic acids is 2. The predicted molar refractivity (Wildman–Crippen MR) is 247 cm³/mol. The summed E-state index contributed by atoms with van der Waals surface area (Å²) in [5.74, 6) is -0.612. The Labute approximate surface area is 374 Å². The molecule has 0 radical (unpaired) electrons. The number of nitrogens with zero attached hydrogens (tertiary/aromatic N) is 8. The summed E-state index contributed by atoms with van der Waals surface area (Å²) in [6.45, 7) is 16.6. The van der Waals surface area contributed by atoms with E-state index >= 15 is 0 Å². The number of rotatable bonds is 9. The molecule has 0 atom stereocenters. The molecule has 5 aromatic heterocycles. The highest BCUT2D eigenvalue weighted by molar-refractivity contribution is 6.34. The Morgan fingerprint density at radius 2 is 1.09 bits per heavy atom. The van der Waals surface area contributed by atoms with Crippen LogP contribution in [0, 0.1) is 13.8 Å². The normalized spacial score (nSPS) is 11.9. The second-order valence-corrected chi connectivity index (χ2v) is 18.4. The van der Waals surface area contributed by atoms with Gasteiger partial charge in [-0.25, -0.2) is 24.2 Å². The van der Waals surface area contributed by atoms with Crippen molar-refractivity contribution in [3.05, 3.63) is 164 Å². The van der Waals surface area contributed by atoms with Crippen LogP contribution in [0.15, 0.2) is 103 Å². The van der Waals surface area contributed by atoms with Crippen LogP contribution >= 0.6 is 11.6 Å². The largest absolute Gasteiger partial charge is 0.478 e. The minimum Gasteiger partial charge on any atom is -0.478 e. The summed E-state index contributed by atoms with van der Waals surface area (Å²) in [7, 11) is 0. The van der Waals surface area contributed by atoms with Crippen molar-refractivity contribution in [2.45, 2.75) is 79.1 Å². The topological polar surface area (TPSA) is 184 Å². The molecule has 0 unspecified atom stereocenters. The first-order valence-corrected chi connectivity index (χ1v) is 21.2. The summed E-state index contributed by atoms with van der Waals surface area (Å²) in [6.07, 6.45) is 4.97. The lowest BCUT2D eigenvalue weighted by molar-refractivity contribution is 0.0686. The van der Waals surface area contributed by atoms with Crippen molar-refractivity contribution in [3.8, 4) is 28.5 Å². The molecule has 4 N–H and O–H groups in total. The van der Waals surface area contributed by atoms with Crippen LogP contribution in [0.2, 0.25) is 5.02 Å². The van der Waals surface area contributed by atoms with E-state index in [1.165, 1.54) is 0 Å². The van der Waals surface area contributed by atoms with E-state index in [1.807, 2.05) is 91.5 Å². The molecule has 0 saturated carbocycles. The Hall–Kier alpha value is -7.32. The van der Waals surface area contributed by atoms with Gasteiger partial charge in [-0.3, -0.25) is 10.2 Å².